The maximum atomic E-state index is 12.5. The highest BCUT2D eigenvalue weighted by molar-refractivity contribution is 6.00. The third-order valence-electron chi connectivity index (χ3n) is 4.76. The van der Waals surface area contributed by atoms with Gasteiger partial charge in [0, 0.05) is 25.9 Å². The van der Waals surface area contributed by atoms with E-state index in [2.05, 4.69) is 11.9 Å². The third-order valence-corrected chi connectivity index (χ3v) is 4.76. The molecule has 0 radical (unpaired) electrons. The van der Waals surface area contributed by atoms with Gasteiger partial charge in [-0.1, -0.05) is 18.2 Å². The molecule has 0 aliphatic carbocycles. The third kappa shape index (κ3) is 3.73. The number of para-hydroxylation sites is 1. The van der Waals surface area contributed by atoms with E-state index in [0.29, 0.717) is 37.2 Å². The Morgan fingerprint density at radius 3 is 2.92 bits per heavy atom. The summed E-state index contributed by atoms with van der Waals surface area (Å²) in [6.45, 7) is 4.34. The lowest BCUT2D eigenvalue weighted by molar-refractivity contribution is -0.135. The van der Waals surface area contributed by atoms with Crippen LogP contribution in [0.1, 0.15) is 36.0 Å². The van der Waals surface area contributed by atoms with Crippen LogP contribution in [-0.4, -0.2) is 47.7 Å². The summed E-state index contributed by atoms with van der Waals surface area (Å²) in [7, 11) is 0. The number of nitrogens with one attached hydrogen (secondary N) is 1. The smallest absolute Gasteiger partial charge is 0.239 e. The van der Waals surface area contributed by atoms with E-state index in [1.165, 1.54) is 0 Å². The first-order valence-electron chi connectivity index (χ1n) is 8.50. The van der Waals surface area contributed by atoms with Gasteiger partial charge in [-0.2, -0.15) is 0 Å². The van der Waals surface area contributed by atoms with Crippen molar-refractivity contribution in [1.29, 1.82) is 0 Å². The number of nitrogens with zero attached hydrogens (tertiary/aromatic N) is 1. The zero-order chi connectivity index (χ0) is 17.9. The minimum absolute atomic E-state index is 0.0211. The number of carbonyl (C=O) groups is 3. The average Bonchev–Trinajstić information content (AvgIpc) is 2.74. The number of rotatable bonds is 4. The molecule has 6 nitrogen and oxygen atoms in total. The Morgan fingerprint density at radius 2 is 2.12 bits per heavy atom. The molecule has 1 saturated heterocycles. The molecular formula is C19H22N2O4. The Labute approximate surface area is 146 Å². The van der Waals surface area contributed by atoms with Crippen molar-refractivity contribution >= 4 is 17.6 Å². The van der Waals surface area contributed by atoms with Gasteiger partial charge >= 0.3 is 0 Å². The molecule has 3 rings (SSSR count). The molecule has 2 aliphatic heterocycles. The minimum Gasteiger partial charge on any atom is -0.486 e. The van der Waals surface area contributed by atoms with E-state index in [4.69, 9.17) is 4.74 Å². The molecule has 1 unspecified atom stereocenters. The van der Waals surface area contributed by atoms with Crippen molar-refractivity contribution in [3.05, 3.63) is 42.5 Å². The number of likely N-dealkylation sites (tertiary alicyclic amines) is 1. The number of benzene rings is 1. The summed E-state index contributed by atoms with van der Waals surface area (Å²) in [6, 6.07) is 7.21. The van der Waals surface area contributed by atoms with Crippen LogP contribution in [0, 0.1) is 0 Å². The predicted octanol–water partition coefficient (Wildman–Crippen LogP) is 1.71. The van der Waals surface area contributed by atoms with E-state index in [9.17, 15) is 14.4 Å². The summed E-state index contributed by atoms with van der Waals surface area (Å²) < 4.78 is 6.16. The van der Waals surface area contributed by atoms with Gasteiger partial charge in [0.2, 0.25) is 11.8 Å². The number of fused-ring (bicyclic) bond motifs is 1. The number of hydrogen-bond donors (Lipinski definition) is 1. The van der Waals surface area contributed by atoms with Crippen LogP contribution in [0.15, 0.2) is 36.9 Å². The normalized spacial score (nSPS) is 22.8. The second-order valence-corrected chi connectivity index (χ2v) is 6.54. The van der Waals surface area contributed by atoms with Crippen molar-refractivity contribution in [3.8, 4) is 5.75 Å². The van der Waals surface area contributed by atoms with Crippen LogP contribution in [0.2, 0.25) is 0 Å². The highest BCUT2D eigenvalue weighted by Crippen LogP contribution is 2.39. The van der Waals surface area contributed by atoms with E-state index in [1.807, 2.05) is 12.1 Å². The summed E-state index contributed by atoms with van der Waals surface area (Å²) in [5.41, 5.74) is -0.0580. The monoisotopic (exact) mass is 342 g/mol. The second-order valence-electron chi connectivity index (χ2n) is 6.54. The first kappa shape index (κ1) is 17.2. The molecule has 1 N–H and O–H groups in total. The number of ether oxygens (including phenoxy) is 1. The molecule has 6 heteroatoms. The highest BCUT2D eigenvalue weighted by atomic mass is 16.5. The molecule has 1 aromatic rings. The quantitative estimate of drug-likeness (QED) is 0.845. The summed E-state index contributed by atoms with van der Waals surface area (Å²) in [5, 5.41) is 2.68. The van der Waals surface area contributed by atoms with Crippen LogP contribution in [0.5, 0.6) is 5.75 Å². The number of hydrogen-bond acceptors (Lipinski definition) is 4. The molecule has 25 heavy (non-hydrogen) atoms. The average molecular weight is 342 g/mol. The first-order chi connectivity index (χ1) is 12.0. The van der Waals surface area contributed by atoms with Crippen molar-refractivity contribution in [1.82, 2.24) is 10.2 Å². The van der Waals surface area contributed by atoms with Crippen molar-refractivity contribution in [2.75, 3.05) is 19.6 Å². The van der Waals surface area contributed by atoms with E-state index in [-0.39, 0.29) is 37.0 Å². The molecule has 2 heterocycles. The lowest BCUT2D eigenvalue weighted by atomic mass is 9.84. The molecule has 1 atom stereocenters. The van der Waals surface area contributed by atoms with Gasteiger partial charge in [-0.25, -0.2) is 0 Å². The zero-order valence-electron chi connectivity index (χ0n) is 14.1. The number of Topliss-reactive ketones (excluding diaryl/α,β-unsaturated/α-hetero) is 1. The maximum Gasteiger partial charge on any atom is 0.239 e. The van der Waals surface area contributed by atoms with Crippen molar-refractivity contribution in [3.63, 3.8) is 0 Å². The fourth-order valence-corrected chi connectivity index (χ4v) is 3.39. The fraction of sp³-hybridized carbons (Fsp3) is 0.421. The topological polar surface area (TPSA) is 75.7 Å². The SMILES string of the molecule is C=CCNC(=O)CN1CCC2(CCC1=O)CC(=O)c1ccccc1O2. The van der Waals surface area contributed by atoms with Crippen molar-refractivity contribution in [2.24, 2.45) is 0 Å². The minimum atomic E-state index is -0.659. The van der Waals surface area contributed by atoms with Crippen LogP contribution in [0.25, 0.3) is 0 Å². The van der Waals surface area contributed by atoms with Gasteiger partial charge in [0.25, 0.3) is 0 Å². The molecule has 1 fully saturated rings. The molecule has 0 saturated carbocycles. The summed E-state index contributed by atoms with van der Waals surface area (Å²) in [4.78, 5) is 38.3. The summed E-state index contributed by atoms with van der Waals surface area (Å²) in [5.74, 6) is 0.338. The maximum absolute atomic E-state index is 12.5. The van der Waals surface area contributed by atoms with Crippen LogP contribution in [0.3, 0.4) is 0 Å². The Kier molecular flexibility index (Phi) is 4.88. The molecule has 132 valence electrons. The lowest BCUT2D eigenvalue weighted by Gasteiger charge is -2.37. The van der Waals surface area contributed by atoms with Gasteiger partial charge in [0.15, 0.2) is 5.78 Å². The van der Waals surface area contributed by atoms with Crippen LogP contribution in [0.4, 0.5) is 0 Å². The zero-order valence-corrected chi connectivity index (χ0v) is 14.1. The van der Waals surface area contributed by atoms with Gasteiger partial charge in [-0.05, 0) is 18.6 Å². The Hall–Kier alpha value is -2.63. The predicted molar refractivity (Wildman–Crippen MR) is 92.4 cm³/mol. The molecule has 2 aliphatic rings. The van der Waals surface area contributed by atoms with Gasteiger partial charge in [0.05, 0.1) is 18.5 Å². The van der Waals surface area contributed by atoms with Gasteiger partial charge in [-0.3, -0.25) is 14.4 Å². The van der Waals surface area contributed by atoms with Crippen molar-refractivity contribution in [2.45, 2.75) is 31.3 Å². The van der Waals surface area contributed by atoms with E-state index >= 15 is 0 Å². The van der Waals surface area contributed by atoms with Crippen LogP contribution >= 0.6 is 0 Å². The van der Waals surface area contributed by atoms with Gasteiger partial charge < -0.3 is 15.0 Å². The number of carbonyl (C=O) groups excluding carboxylic acids is 3. The van der Waals surface area contributed by atoms with Crippen LogP contribution < -0.4 is 10.1 Å². The number of amides is 2. The Bertz CT molecular complexity index is 715. The lowest BCUT2D eigenvalue weighted by Crippen LogP contribution is -2.44. The van der Waals surface area contributed by atoms with E-state index in [0.717, 1.165) is 0 Å². The molecule has 1 aromatic carbocycles. The molecule has 0 bridgehead atoms. The Balaban J connectivity index is 1.71. The molecule has 0 aromatic heterocycles. The van der Waals surface area contributed by atoms with E-state index in [1.54, 1.807) is 23.1 Å². The van der Waals surface area contributed by atoms with Gasteiger partial charge in [0.1, 0.15) is 11.4 Å². The molecule has 1 spiro atoms. The highest BCUT2D eigenvalue weighted by Gasteiger charge is 2.43. The summed E-state index contributed by atoms with van der Waals surface area (Å²) in [6.07, 6.45) is 3.15. The van der Waals surface area contributed by atoms with E-state index < -0.39 is 5.60 Å². The first-order valence-corrected chi connectivity index (χ1v) is 8.50. The summed E-state index contributed by atoms with van der Waals surface area (Å²) >= 11 is 0. The van der Waals surface area contributed by atoms with Crippen LogP contribution in [-0.2, 0) is 9.59 Å². The van der Waals surface area contributed by atoms with Crippen molar-refractivity contribution < 1.29 is 19.1 Å². The largest absolute Gasteiger partial charge is 0.486 e. The second kappa shape index (κ2) is 7.09. The standard InChI is InChI=1S/C19H22N2O4/c1-2-10-20-17(23)13-21-11-9-19(8-7-18(21)24)12-15(22)14-5-3-4-6-16(14)25-19/h2-6H,1,7-13H2,(H,20,23). The number of ketones is 1. The molecular weight excluding hydrogens is 320 g/mol. The Morgan fingerprint density at radius 1 is 1.32 bits per heavy atom. The van der Waals surface area contributed by atoms with Gasteiger partial charge in [-0.15, -0.1) is 6.58 Å². The fourth-order valence-electron chi connectivity index (χ4n) is 3.39. The molecule has 2 amide bonds.